The van der Waals surface area contributed by atoms with Crippen LogP contribution in [0.5, 0.6) is 5.75 Å². The first-order valence-electron chi connectivity index (χ1n) is 9.03. The van der Waals surface area contributed by atoms with Gasteiger partial charge in [-0.3, -0.25) is 4.79 Å². The Bertz CT molecular complexity index is 798. The molecule has 0 spiro atoms. The zero-order chi connectivity index (χ0) is 20.0. The highest BCUT2D eigenvalue weighted by Gasteiger charge is 2.28. The first-order chi connectivity index (χ1) is 11.7. The Morgan fingerprint density at radius 1 is 0.962 bits per heavy atom. The van der Waals surface area contributed by atoms with E-state index in [-0.39, 0.29) is 28.4 Å². The van der Waals surface area contributed by atoms with Crippen molar-refractivity contribution in [2.45, 2.75) is 72.3 Å². The third-order valence-corrected chi connectivity index (χ3v) is 4.91. The van der Waals surface area contributed by atoms with Gasteiger partial charge in [-0.15, -0.1) is 0 Å². The van der Waals surface area contributed by atoms with Crippen LogP contribution in [0.25, 0.3) is 0 Å². The number of hydrogen-bond acceptors (Lipinski definition) is 2. The van der Waals surface area contributed by atoms with Crippen molar-refractivity contribution >= 4 is 17.4 Å². The minimum atomic E-state index is -0.276. The molecule has 0 saturated heterocycles. The molecule has 3 nitrogen and oxygen atoms in total. The topological polar surface area (TPSA) is 42.2 Å². The predicted octanol–water partition coefficient (Wildman–Crippen LogP) is 6.25. The van der Waals surface area contributed by atoms with Crippen molar-refractivity contribution in [3.63, 3.8) is 0 Å². The second kappa shape index (κ2) is 6.77. The summed E-state index contributed by atoms with van der Waals surface area (Å²) in [6.45, 7) is 16.3. The van der Waals surface area contributed by atoms with E-state index < -0.39 is 0 Å². The lowest BCUT2D eigenvalue weighted by Crippen LogP contribution is -2.19. The number of phenolic OH excluding ortho intramolecular Hbond substituents is 1. The first kappa shape index (κ1) is 20.6. The van der Waals surface area contributed by atoms with E-state index in [0.717, 1.165) is 11.1 Å². The van der Waals surface area contributed by atoms with E-state index in [2.05, 4.69) is 0 Å². The molecule has 1 heterocycles. The Labute approximate surface area is 162 Å². The fourth-order valence-corrected chi connectivity index (χ4v) is 3.41. The number of nitrogens with zero attached hydrogens (tertiary/aromatic N) is 1. The van der Waals surface area contributed by atoms with E-state index in [1.807, 2.05) is 72.1 Å². The average molecular weight is 376 g/mol. The van der Waals surface area contributed by atoms with Crippen LogP contribution in [0.2, 0.25) is 5.15 Å². The minimum absolute atomic E-state index is 0.0812. The van der Waals surface area contributed by atoms with Gasteiger partial charge in [-0.1, -0.05) is 53.1 Å². The summed E-state index contributed by atoms with van der Waals surface area (Å²) in [4.78, 5) is 13.2. The molecule has 0 aliphatic heterocycles. The van der Waals surface area contributed by atoms with Crippen LogP contribution in [-0.4, -0.2) is 15.5 Å². The Balaban J connectivity index is 2.66. The van der Waals surface area contributed by atoms with Gasteiger partial charge >= 0.3 is 0 Å². The summed E-state index contributed by atoms with van der Waals surface area (Å²) in [5, 5.41) is 11.4. The summed E-state index contributed by atoms with van der Waals surface area (Å²) in [6, 6.07) is 5.52. The average Bonchev–Trinajstić information content (AvgIpc) is 2.86. The number of benzene rings is 1. The second-order valence-electron chi connectivity index (χ2n) is 9.30. The van der Waals surface area contributed by atoms with Crippen molar-refractivity contribution in [1.82, 2.24) is 4.57 Å². The molecule has 2 aromatic rings. The van der Waals surface area contributed by atoms with Crippen LogP contribution in [0.3, 0.4) is 0 Å². The van der Waals surface area contributed by atoms with Crippen molar-refractivity contribution in [2.75, 3.05) is 0 Å². The molecule has 2 rings (SSSR count). The summed E-state index contributed by atoms with van der Waals surface area (Å²) in [6.07, 6.45) is 1.80. The SMILES string of the molecule is CC(C)n1cc(C(=O)c2cc(C(C)(C)C)c(O)c(C(C)(C)C)c2)cc1Cl. The van der Waals surface area contributed by atoms with Crippen LogP contribution < -0.4 is 0 Å². The molecule has 1 aromatic heterocycles. The zero-order valence-corrected chi connectivity index (χ0v) is 17.8. The smallest absolute Gasteiger partial charge is 0.194 e. The third kappa shape index (κ3) is 3.98. The van der Waals surface area contributed by atoms with Gasteiger partial charge in [0.25, 0.3) is 0 Å². The highest BCUT2D eigenvalue weighted by molar-refractivity contribution is 6.30. The third-order valence-electron chi connectivity index (χ3n) is 4.61. The highest BCUT2D eigenvalue weighted by Crippen LogP contribution is 2.40. The molecule has 4 heteroatoms. The van der Waals surface area contributed by atoms with Gasteiger partial charge in [-0.25, -0.2) is 0 Å². The molecule has 0 fully saturated rings. The van der Waals surface area contributed by atoms with Gasteiger partial charge < -0.3 is 9.67 Å². The number of ketones is 1. The first-order valence-corrected chi connectivity index (χ1v) is 9.41. The number of rotatable bonds is 3. The van der Waals surface area contributed by atoms with E-state index >= 15 is 0 Å². The molecule has 0 aliphatic rings. The number of halogens is 1. The quantitative estimate of drug-likeness (QED) is 0.644. The summed E-state index contributed by atoms with van der Waals surface area (Å²) in [5.41, 5.74) is 2.15. The number of hydrogen-bond donors (Lipinski definition) is 1. The van der Waals surface area contributed by atoms with Gasteiger partial charge in [-0.2, -0.15) is 0 Å². The zero-order valence-electron chi connectivity index (χ0n) is 17.1. The lowest BCUT2D eigenvalue weighted by atomic mass is 9.78. The maximum absolute atomic E-state index is 13.2. The minimum Gasteiger partial charge on any atom is -0.507 e. The number of carbonyl (C=O) groups excluding carboxylic acids is 1. The van der Waals surface area contributed by atoms with Crippen LogP contribution in [0.4, 0.5) is 0 Å². The predicted molar refractivity (Wildman–Crippen MR) is 109 cm³/mol. The fraction of sp³-hybridized carbons (Fsp3) is 0.500. The normalized spacial score (nSPS) is 12.7. The van der Waals surface area contributed by atoms with Crippen LogP contribution in [0.1, 0.15) is 88.5 Å². The maximum atomic E-state index is 13.2. The largest absolute Gasteiger partial charge is 0.507 e. The summed E-state index contributed by atoms with van der Waals surface area (Å²) in [7, 11) is 0. The van der Waals surface area contributed by atoms with Gasteiger partial charge in [0, 0.05) is 34.5 Å². The van der Waals surface area contributed by atoms with Gasteiger partial charge in [0.1, 0.15) is 10.9 Å². The maximum Gasteiger partial charge on any atom is 0.194 e. The monoisotopic (exact) mass is 375 g/mol. The van der Waals surface area contributed by atoms with Crippen molar-refractivity contribution in [3.05, 3.63) is 51.8 Å². The molecule has 26 heavy (non-hydrogen) atoms. The molecule has 0 unspecified atom stereocenters. The Hall–Kier alpha value is -1.74. The standard InChI is InChI=1S/C22H30ClNO2/c1-13(2)24-12-15(11-18(24)23)19(25)14-9-16(21(3,4)5)20(26)17(10-14)22(6,7)8/h9-13,26H,1-8H3. The van der Waals surface area contributed by atoms with Crippen molar-refractivity contribution in [1.29, 1.82) is 0 Å². The number of phenols is 1. The molecule has 0 radical (unpaired) electrons. The van der Waals surface area contributed by atoms with E-state index in [1.165, 1.54) is 0 Å². The van der Waals surface area contributed by atoms with E-state index in [4.69, 9.17) is 11.6 Å². The van der Waals surface area contributed by atoms with Gasteiger partial charge in [0.05, 0.1) is 0 Å². The molecular formula is C22H30ClNO2. The fourth-order valence-electron chi connectivity index (χ4n) is 3.05. The molecule has 1 N–H and O–H groups in total. The van der Waals surface area contributed by atoms with Crippen LogP contribution in [0, 0.1) is 0 Å². The Kier molecular flexibility index (Phi) is 5.36. The van der Waals surface area contributed by atoms with Crippen molar-refractivity contribution in [2.24, 2.45) is 0 Å². The van der Waals surface area contributed by atoms with Crippen LogP contribution in [-0.2, 0) is 10.8 Å². The van der Waals surface area contributed by atoms with E-state index in [9.17, 15) is 9.90 Å². The number of aromatic hydroxyl groups is 1. The molecular weight excluding hydrogens is 346 g/mol. The molecule has 142 valence electrons. The molecule has 0 saturated carbocycles. The lowest BCUT2D eigenvalue weighted by Gasteiger charge is -2.28. The Morgan fingerprint density at radius 2 is 1.42 bits per heavy atom. The highest BCUT2D eigenvalue weighted by atomic mass is 35.5. The summed E-state index contributed by atoms with van der Waals surface area (Å²) < 4.78 is 1.88. The van der Waals surface area contributed by atoms with Crippen LogP contribution >= 0.6 is 11.6 Å². The summed E-state index contributed by atoms with van der Waals surface area (Å²) in [5.74, 6) is 0.196. The number of carbonyl (C=O) groups is 1. The lowest BCUT2D eigenvalue weighted by molar-refractivity contribution is 0.103. The Morgan fingerprint density at radius 3 is 1.77 bits per heavy atom. The van der Waals surface area contributed by atoms with E-state index in [1.54, 1.807) is 12.3 Å². The molecule has 0 amide bonds. The summed E-state index contributed by atoms with van der Waals surface area (Å²) >= 11 is 6.28. The van der Waals surface area contributed by atoms with Crippen molar-refractivity contribution < 1.29 is 9.90 Å². The molecule has 1 aromatic carbocycles. The van der Waals surface area contributed by atoms with Gasteiger partial charge in [0.2, 0.25) is 0 Å². The molecule has 0 atom stereocenters. The van der Waals surface area contributed by atoms with Gasteiger partial charge in [-0.05, 0) is 42.9 Å². The molecule has 0 bridgehead atoms. The van der Waals surface area contributed by atoms with Crippen molar-refractivity contribution in [3.8, 4) is 5.75 Å². The van der Waals surface area contributed by atoms with Gasteiger partial charge in [0.15, 0.2) is 5.78 Å². The van der Waals surface area contributed by atoms with E-state index in [0.29, 0.717) is 16.3 Å². The second-order valence-corrected chi connectivity index (χ2v) is 9.69. The van der Waals surface area contributed by atoms with Crippen LogP contribution in [0.15, 0.2) is 24.4 Å². The molecule has 0 aliphatic carbocycles. The number of aromatic nitrogens is 1.